The third kappa shape index (κ3) is 11.3. The van der Waals surface area contributed by atoms with Gasteiger partial charge in [-0.05, 0) is 12.1 Å². The second kappa shape index (κ2) is 19.7. The van der Waals surface area contributed by atoms with Crippen LogP contribution in [0.4, 0.5) is 0 Å². The molecule has 4 N–H and O–H groups in total. The van der Waals surface area contributed by atoms with Crippen molar-refractivity contribution in [2.24, 2.45) is 0 Å². The maximum absolute atomic E-state index is 11.4. The van der Waals surface area contributed by atoms with E-state index < -0.39 is 23.9 Å². The number of aromatic nitrogens is 4. The Balaban J connectivity index is 0.00000312. The van der Waals surface area contributed by atoms with E-state index in [1.165, 1.54) is 48.5 Å². The van der Waals surface area contributed by atoms with Crippen molar-refractivity contribution in [1.82, 2.24) is 0 Å². The average molecular weight is 942 g/mol. The third-order valence-electron chi connectivity index (χ3n) is 7.49. The van der Waals surface area contributed by atoms with E-state index in [1.807, 2.05) is 18.3 Å². The minimum absolute atomic E-state index is 0. The van der Waals surface area contributed by atoms with Crippen molar-refractivity contribution in [2.75, 3.05) is 0 Å². The molecule has 0 aliphatic rings. The summed E-state index contributed by atoms with van der Waals surface area (Å²) in [5.41, 5.74) is 4.35. The molecule has 0 unspecified atom stereocenters. The lowest BCUT2D eigenvalue weighted by atomic mass is 9.97. The number of halogens is 4. The van der Waals surface area contributed by atoms with Gasteiger partial charge in [-0.15, -0.1) is 0 Å². The smallest absolute Gasteiger partial charge is 0.336 e. The molecular weight excluding hydrogens is 912 g/mol. The topological polar surface area (TPSA) is 165 Å². The molecule has 16 heteroatoms. The fourth-order valence-electron chi connectivity index (χ4n) is 4.99. The molecule has 12 nitrogen and oxygen atoms in total. The van der Waals surface area contributed by atoms with Crippen LogP contribution in [0, 0.1) is 0 Å². The van der Waals surface area contributed by atoms with Gasteiger partial charge in [0.05, 0.1) is 22.3 Å². The predicted octanol–water partition coefficient (Wildman–Crippen LogP) is -10.2. The van der Waals surface area contributed by atoms with Crippen LogP contribution in [0.2, 0.25) is 0 Å². The zero-order valence-corrected chi connectivity index (χ0v) is 32.3. The molecule has 4 aromatic heterocycles. The average Bonchev–Trinajstić information content (AvgIpc) is 3.04. The molecule has 262 valence electrons. The van der Waals surface area contributed by atoms with Crippen molar-refractivity contribution in [3.8, 4) is 0 Å². The number of aromatic carboxylic acids is 4. The zero-order chi connectivity index (χ0) is 32.8. The van der Waals surface area contributed by atoms with Gasteiger partial charge >= 0.3 is 23.9 Å². The summed E-state index contributed by atoms with van der Waals surface area (Å²) in [6.07, 6.45) is 13.5. The highest BCUT2D eigenvalue weighted by Gasteiger charge is 2.22. The number of carboxylic acids is 4. The van der Waals surface area contributed by atoms with Crippen molar-refractivity contribution in [3.63, 3.8) is 0 Å². The Kier molecular flexibility index (Phi) is 17.2. The third-order valence-corrected chi connectivity index (χ3v) is 7.49. The first kappa shape index (κ1) is 43.6. The Morgan fingerprint density at radius 1 is 0.360 bits per heavy atom. The monoisotopic (exact) mass is 938 g/mol. The van der Waals surface area contributed by atoms with Gasteiger partial charge in [-0.25, -0.2) is 37.4 Å². The van der Waals surface area contributed by atoms with E-state index in [0.29, 0.717) is 26.2 Å². The van der Waals surface area contributed by atoms with E-state index in [1.54, 1.807) is 49.6 Å². The molecule has 5 rings (SSSR count). The number of benzene rings is 1. The summed E-state index contributed by atoms with van der Waals surface area (Å²) in [7, 11) is 0. The highest BCUT2D eigenvalue weighted by atomic mass is 79.9. The van der Waals surface area contributed by atoms with Crippen molar-refractivity contribution in [2.45, 2.75) is 26.2 Å². The first-order valence-corrected chi connectivity index (χ1v) is 14.1. The predicted molar refractivity (Wildman–Crippen MR) is 157 cm³/mol. The number of hydrogen-bond donors (Lipinski definition) is 4. The number of nitrogens with zero attached hydrogens (tertiary/aromatic N) is 4. The molecule has 50 heavy (non-hydrogen) atoms. The molecule has 0 saturated heterocycles. The Labute approximate surface area is 328 Å². The van der Waals surface area contributed by atoms with E-state index in [9.17, 15) is 39.6 Å². The van der Waals surface area contributed by atoms with Crippen LogP contribution in [0.15, 0.2) is 110 Å². The van der Waals surface area contributed by atoms with Crippen molar-refractivity contribution in [1.29, 1.82) is 0 Å². The summed E-state index contributed by atoms with van der Waals surface area (Å²) in [6.45, 7) is 1.61. The lowest BCUT2D eigenvalue weighted by Crippen LogP contribution is -3.00. The van der Waals surface area contributed by atoms with Crippen LogP contribution in [0.25, 0.3) is 0 Å². The number of carboxylic acid groups (broad SMARTS) is 4. The van der Waals surface area contributed by atoms with Gasteiger partial charge in [-0.2, -0.15) is 0 Å². The first-order valence-electron chi connectivity index (χ1n) is 14.1. The molecule has 1 aromatic carbocycles. The fourth-order valence-corrected chi connectivity index (χ4v) is 4.99. The first-order chi connectivity index (χ1) is 22.0. The van der Waals surface area contributed by atoms with Gasteiger partial charge in [0.15, 0.2) is 75.8 Å². The fraction of sp³-hybridized carbons (Fsp3) is 0.118. The largest absolute Gasteiger partial charge is 1.00 e. The van der Waals surface area contributed by atoms with Gasteiger partial charge in [0.1, 0.15) is 0 Å². The Bertz CT molecular complexity index is 1660. The highest BCUT2D eigenvalue weighted by molar-refractivity contribution is 5.88. The minimum Gasteiger partial charge on any atom is -1.00 e. The Morgan fingerprint density at radius 2 is 0.520 bits per heavy atom. The number of hydrogen-bond acceptors (Lipinski definition) is 4. The molecule has 0 saturated carbocycles. The van der Waals surface area contributed by atoms with Crippen LogP contribution in [-0.2, 0) is 26.2 Å². The van der Waals surface area contributed by atoms with Gasteiger partial charge in [-0.3, -0.25) is 0 Å². The molecule has 0 aliphatic carbocycles. The van der Waals surface area contributed by atoms with E-state index in [2.05, 4.69) is 12.1 Å². The van der Waals surface area contributed by atoms with Crippen molar-refractivity contribution in [3.05, 3.63) is 155 Å². The van der Waals surface area contributed by atoms with Crippen LogP contribution in [0.1, 0.15) is 63.7 Å². The summed E-state index contributed by atoms with van der Waals surface area (Å²) in [6, 6.07) is 16.3. The second-order valence-electron chi connectivity index (χ2n) is 10.6. The normalized spacial score (nSPS) is 9.92. The summed E-state index contributed by atoms with van der Waals surface area (Å²) in [5.74, 6) is -4.11. The van der Waals surface area contributed by atoms with Gasteiger partial charge in [-0.1, -0.05) is 0 Å². The maximum Gasteiger partial charge on any atom is 0.336 e. The minimum atomic E-state index is -1.03. The van der Waals surface area contributed by atoms with Crippen LogP contribution in [-0.4, -0.2) is 44.3 Å². The van der Waals surface area contributed by atoms with Crippen LogP contribution in [0.3, 0.4) is 0 Å². The van der Waals surface area contributed by atoms with Crippen molar-refractivity contribution < 1.29 is 126 Å². The quantitative estimate of drug-likeness (QED) is 0.0898. The SMILES string of the molecule is O=C(O)c1cc[n+](Cc2cc(C[n+]3ccc(C(=O)O)cc3)c(C[n+]3ccc(C(=O)O)cc3)cc2C[n+]2ccc(C(=O)O)cc2)cc1.[Br-].[Br-].[Br-].[Br-]. The summed E-state index contributed by atoms with van der Waals surface area (Å²) in [4.78, 5) is 45.6. The lowest BCUT2D eigenvalue weighted by Gasteiger charge is -2.12. The standard InChI is InChI=1S/C34H26N4O8.4BrH/c39-31(40)23-1-9-35(10-2-23)19-27-17-29(21-37-13-5-25(6-14-37)33(43)44)30(22-38-15-7-26(8-16-38)34(45)46)18-28(27)20-36-11-3-24(4-12-36)32(41)42;;;;/h1-18H,19-22H2;4*1H. The molecule has 0 aliphatic heterocycles. The summed E-state index contributed by atoms with van der Waals surface area (Å²) >= 11 is 0. The number of carbonyl (C=O) groups is 4. The molecular formula is C34H30Br4N4O8. The van der Waals surface area contributed by atoms with E-state index >= 15 is 0 Å². The molecule has 0 radical (unpaired) electrons. The zero-order valence-electron chi connectivity index (χ0n) is 25.9. The van der Waals surface area contributed by atoms with Crippen molar-refractivity contribution >= 4 is 23.9 Å². The maximum atomic E-state index is 11.4. The molecule has 0 spiro atoms. The van der Waals surface area contributed by atoms with Crippen LogP contribution in [0.5, 0.6) is 0 Å². The van der Waals surface area contributed by atoms with E-state index in [0.717, 1.165) is 22.3 Å². The number of pyridine rings is 4. The number of rotatable bonds is 12. The second-order valence-corrected chi connectivity index (χ2v) is 10.6. The van der Waals surface area contributed by atoms with Crippen LogP contribution >= 0.6 is 0 Å². The van der Waals surface area contributed by atoms with Gasteiger partial charge in [0.2, 0.25) is 0 Å². The van der Waals surface area contributed by atoms with Crippen LogP contribution < -0.4 is 86.2 Å². The molecule has 0 fully saturated rings. The molecule has 0 amide bonds. The Morgan fingerprint density at radius 3 is 0.660 bits per heavy atom. The van der Waals surface area contributed by atoms with Gasteiger partial charge in [0.25, 0.3) is 0 Å². The van der Waals surface area contributed by atoms with Gasteiger partial charge < -0.3 is 88.4 Å². The van der Waals surface area contributed by atoms with E-state index in [-0.39, 0.29) is 90.2 Å². The summed E-state index contributed by atoms with van der Waals surface area (Å²) < 4.78 is 7.45. The van der Waals surface area contributed by atoms with Gasteiger partial charge in [0, 0.05) is 70.8 Å². The highest BCUT2D eigenvalue weighted by Crippen LogP contribution is 2.19. The Hall–Kier alpha value is -4.38. The molecule has 5 aromatic rings. The molecule has 4 heterocycles. The summed E-state index contributed by atoms with van der Waals surface area (Å²) in [5, 5.41) is 37.3. The molecule has 0 bridgehead atoms. The van der Waals surface area contributed by atoms with E-state index in [4.69, 9.17) is 0 Å². The lowest BCUT2D eigenvalue weighted by molar-refractivity contribution is -0.695. The molecule has 0 atom stereocenters.